The summed E-state index contributed by atoms with van der Waals surface area (Å²) in [5.74, 6) is 0. The first kappa shape index (κ1) is 31.2. The number of hydrogen-bond acceptors (Lipinski definition) is 0. The second-order valence-corrected chi connectivity index (χ2v) is 12.8. The van der Waals surface area contributed by atoms with Crippen molar-refractivity contribution in [1.82, 2.24) is 0 Å². The first-order valence-electron chi connectivity index (χ1n) is 12.0. The molecule has 0 N–H and O–H groups in total. The van der Waals surface area contributed by atoms with Gasteiger partial charge in [0.25, 0.3) is 0 Å². The van der Waals surface area contributed by atoms with Crippen LogP contribution in [-0.4, -0.2) is 3.21 Å². The monoisotopic (exact) mass is 570 g/mol. The number of halogens is 2. The van der Waals surface area contributed by atoms with E-state index in [2.05, 4.69) is 77.9 Å². The molecule has 2 aliphatic rings. The Labute approximate surface area is 235 Å². The van der Waals surface area contributed by atoms with Crippen molar-refractivity contribution in [2.45, 2.75) is 84.5 Å². The average Bonchev–Trinajstić information content (AvgIpc) is 3.49. The van der Waals surface area contributed by atoms with Crippen LogP contribution in [0, 0.1) is 6.07 Å². The Hall–Kier alpha value is -0.877. The fourth-order valence-corrected chi connectivity index (χ4v) is 4.98. The molecular weight excluding hydrogens is 534 g/mol. The van der Waals surface area contributed by atoms with Gasteiger partial charge < -0.3 is 24.8 Å². The second kappa shape index (κ2) is 13.4. The Morgan fingerprint density at radius 1 is 0.794 bits per heavy atom. The van der Waals surface area contributed by atoms with E-state index in [-0.39, 0.29) is 35.6 Å². The molecule has 1 saturated carbocycles. The third-order valence-electron chi connectivity index (χ3n) is 6.23. The predicted molar refractivity (Wildman–Crippen MR) is 136 cm³/mol. The summed E-state index contributed by atoms with van der Waals surface area (Å²) >= 11 is 1.68. The largest absolute Gasteiger partial charge is 0.214 e. The third-order valence-corrected chi connectivity index (χ3v) is 7.46. The van der Waals surface area contributed by atoms with Crippen molar-refractivity contribution >= 4 is 3.21 Å². The molecule has 0 unspecified atom stereocenters. The second-order valence-electron chi connectivity index (χ2n) is 11.1. The van der Waals surface area contributed by atoms with Gasteiger partial charge in [0, 0.05) is 0 Å². The van der Waals surface area contributed by atoms with E-state index >= 15 is 0 Å². The van der Waals surface area contributed by atoms with Gasteiger partial charge in [-0.2, -0.15) is 18.2 Å². The van der Waals surface area contributed by atoms with E-state index in [1.807, 2.05) is 30.3 Å². The molecule has 182 valence electrons. The van der Waals surface area contributed by atoms with Crippen LogP contribution < -0.4 is 24.8 Å². The van der Waals surface area contributed by atoms with Gasteiger partial charge in [0.05, 0.1) is 0 Å². The molecule has 0 heterocycles. The van der Waals surface area contributed by atoms with E-state index in [0.717, 1.165) is 6.42 Å². The Morgan fingerprint density at radius 2 is 1.38 bits per heavy atom. The minimum Gasteiger partial charge on any atom is -0.214 e. The summed E-state index contributed by atoms with van der Waals surface area (Å²) in [5, 5.41) is 0. The predicted octanol–water partition coefficient (Wildman–Crippen LogP) is 2.35. The van der Waals surface area contributed by atoms with Crippen LogP contribution >= 0.6 is 0 Å². The summed E-state index contributed by atoms with van der Waals surface area (Å²) in [6.45, 7) is 13.6. The molecule has 34 heavy (non-hydrogen) atoms. The maximum absolute atomic E-state index is 3.70. The first-order chi connectivity index (χ1) is 15.1. The molecule has 0 aliphatic heterocycles. The smallest absolute Gasteiger partial charge is 0.172 e. The van der Waals surface area contributed by atoms with E-state index < -0.39 is 0 Å². The standard InChI is InChI=1S/C21H25.C5H8.C5H5.2ClH.Zr/c1-20(2,3)16-9-7-14-11-15-8-10-17(21(4,5)6)13-19(15)18(14)12-16;2*1-2-4-5-3-1;;;/h7-10,12H,11H2,1-6H3;1-4H2;1-5H;2*1H;/q-1;;-1;;;+2/p-2. The van der Waals surface area contributed by atoms with E-state index in [1.165, 1.54) is 59.1 Å². The fourth-order valence-electron chi connectivity index (χ4n) is 4.11. The SMILES string of the molecule is CC(C)(C)c1[c-]c2c(cc1)Cc1ccc(C(C)(C)C)cc1-2.[Cl-].[Cl-].[Zr+2]=[C]1CCCC1.c1cc[cH-]c1. The number of hydrogen-bond donors (Lipinski definition) is 0. The zero-order chi connectivity index (χ0) is 23.4. The zero-order valence-electron chi connectivity index (χ0n) is 21.6. The molecule has 0 amide bonds. The van der Waals surface area contributed by atoms with Gasteiger partial charge in [-0.3, -0.25) is 0 Å². The molecule has 0 spiro atoms. The minimum absolute atomic E-state index is 0. The summed E-state index contributed by atoms with van der Waals surface area (Å²) in [7, 11) is 0. The maximum atomic E-state index is 3.70. The Morgan fingerprint density at radius 3 is 1.82 bits per heavy atom. The van der Waals surface area contributed by atoms with Crippen molar-refractivity contribution in [1.29, 1.82) is 0 Å². The number of benzene rings is 2. The molecule has 0 bridgehead atoms. The summed E-state index contributed by atoms with van der Waals surface area (Å²) in [6, 6.07) is 25.2. The van der Waals surface area contributed by atoms with Crippen molar-refractivity contribution in [3.05, 3.63) is 89.0 Å². The number of rotatable bonds is 0. The van der Waals surface area contributed by atoms with Crippen LogP contribution in [0.1, 0.15) is 89.5 Å². The Kier molecular flexibility index (Phi) is 12.3. The molecule has 3 aromatic rings. The van der Waals surface area contributed by atoms with Gasteiger partial charge in [0.1, 0.15) is 0 Å². The van der Waals surface area contributed by atoms with Gasteiger partial charge >= 0.3 is 53.1 Å². The van der Waals surface area contributed by atoms with Crippen molar-refractivity contribution < 1.29 is 49.0 Å². The van der Waals surface area contributed by atoms with Crippen LogP contribution in [0.5, 0.6) is 0 Å². The van der Waals surface area contributed by atoms with Crippen LogP contribution in [0.2, 0.25) is 0 Å². The van der Waals surface area contributed by atoms with Crippen molar-refractivity contribution in [3.8, 4) is 11.1 Å². The van der Waals surface area contributed by atoms with Crippen LogP contribution in [0.25, 0.3) is 11.1 Å². The third kappa shape index (κ3) is 8.65. The van der Waals surface area contributed by atoms with Gasteiger partial charge in [-0.05, 0) is 17.3 Å². The summed E-state index contributed by atoms with van der Waals surface area (Å²) in [4.78, 5) is 0. The van der Waals surface area contributed by atoms with Crippen LogP contribution in [-0.2, 0) is 41.5 Å². The quantitative estimate of drug-likeness (QED) is 0.284. The van der Waals surface area contributed by atoms with Crippen molar-refractivity contribution in [2.75, 3.05) is 0 Å². The van der Waals surface area contributed by atoms with Gasteiger partial charge in [-0.1, -0.05) is 76.4 Å². The topological polar surface area (TPSA) is 0 Å². The van der Waals surface area contributed by atoms with Gasteiger partial charge in [0.2, 0.25) is 0 Å². The van der Waals surface area contributed by atoms with E-state index in [9.17, 15) is 0 Å². The number of fused-ring (bicyclic) bond motifs is 3. The fraction of sp³-hybridized carbons (Fsp3) is 0.419. The van der Waals surface area contributed by atoms with E-state index in [4.69, 9.17) is 0 Å². The summed E-state index contributed by atoms with van der Waals surface area (Å²) < 4.78 is 1.79. The normalized spacial score (nSPS) is 13.8. The Balaban J connectivity index is 0.000000367. The summed E-state index contributed by atoms with van der Waals surface area (Å²) in [5.41, 5.74) is 8.63. The van der Waals surface area contributed by atoms with Crippen molar-refractivity contribution in [3.63, 3.8) is 0 Å². The molecule has 3 aromatic carbocycles. The first-order valence-corrected chi connectivity index (χ1v) is 13.2. The van der Waals surface area contributed by atoms with E-state index in [0.29, 0.717) is 0 Å². The Bertz CT molecular complexity index is 948. The molecule has 0 nitrogen and oxygen atoms in total. The average molecular weight is 573 g/mol. The minimum atomic E-state index is 0. The maximum Gasteiger partial charge on any atom is -0.172 e. The van der Waals surface area contributed by atoms with Crippen molar-refractivity contribution in [2.24, 2.45) is 0 Å². The molecule has 1 fully saturated rings. The van der Waals surface area contributed by atoms with Gasteiger partial charge in [-0.25, -0.2) is 12.1 Å². The van der Waals surface area contributed by atoms with Crippen LogP contribution in [0.15, 0.2) is 60.7 Å². The molecule has 0 aromatic heterocycles. The molecule has 2 aliphatic carbocycles. The molecule has 0 saturated heterocycles. The van der Waals surface area contributed by atoms with E-state index in [1.54, 1.807) is 27.4 Å². The van der Waals surface area contributed by atoms with Crippen LogP contribution in [0.3, 0.4) is 0 Å². The molecule has 0 radical (unpaired) electrons. The zero-order valence-corrected chi connectivity index (χ0v) is 25.5. The molecule has 5 rings (SSSR count). The summed E-state index contributed by atoms with van der Waals surface area (Å²) in [6.07, 6.45) is 6.88. The van der Waals surface area contributed by atoms with Gasteiger partial charge in [0.15, 0.2) is 0 Å². The molecule has 3 heteroatoms. The van der Waals surface area contributed by atoms with Gasteiger partial charge in [-0.15, -0.1) is 34.9 Å². The molecular formula is C31H38Cl2Zr-2. The molecule has 0 atom stereocenters. The van der Waals surface area contributed by atoms with Crippen LogP contribution in [0.4, 0.5) is 0 Å².